The molecule has 0 amide bonds. The second kappa shape index (κ2) is 8.47. The maximum atomic E-state index is 4.61. The Labute approximate surface area is 129 Å². The third-order valence-corrected chi connectivity index (χ3v) is 4.50. The summed E-state index contributed by atoms with van der Waals surface area (Å²) in [6.07, 6.45) is 4.57. The third kappa shape index (κ3) is 5.06. The second-order valence-corrected chi connectivity index (χ2v) is 6.02. The Bertz CT molecular complexity index is 396. The number of pyridine rings is 1. The molecule has 0 bridgehead atoms. The first-order valence-corrected chi connectivity index (χ1v) is 8.30. The topological polar surface area (TPSA) is 31.4 Å². The van der Waals surface area contributed by atoms with E-state index in [0.717, 1.165) is 19.6 Å². The summed E-state index contributed by atoms with van der Waals surface area (Å²) in [5.74, 6) is 0. The van der Waals surface area contributed by atoms with Crippen LogP contribution in [0.25, 0.3) is 0 Å². The van der Waals surface area contributed by atoms with E-state index in [1.807, 2.05) is 6.20 Å². The summed E-state index contributed by atoms with van der Waals surface area (Å²) in [5.41, 5.74) is 2.44. The number of hydrogen-bond acceptors (Lipinski definition) is 4. The van der Waals surface area contributed by atoms with E-state index in [1.165, 1.54) is 43.7 Å². The largest absolute Gasteiger partial charge is 0.313 e. The molecule has 1 N–H and O–H groups in total. The minimum absolute atomic E-state index is 0.705. The molecule has 0 spiro atoms. The number of hydrogen-bond donors (Lipinski definition) is 1. The quantitative estimate of drug-likeness (QED) is 0.833. The van der Waals surface area contributed by atoms with Gasteiger partial charge in [-0.2, -0.15) is 0 Å². The van der Waals surface area contributed by atoms with E-state index >= 15 is 0 Å². The number of likely N-dealkylation sites (tertiary alicyclic amines) is 1. The highest BCUT2D eigenvalue weighted by Gasteiger charge is 2.21. The monoisotopic (exact) mass is 290 g/mol. The molecule has 2 rings (SSSR count). The molecule has 0 radical (unpaired) electrons. The van der Waals surface area contributed by atoms with Crippen molar-refractivity contribution in [3.8, 4) is 0 Å². The Kier molecular flexibility index (Phi) is 6.61. The molecule has 1 saturated heterocycles. The fourth-order valence-electron chi connectivity index (χ4n) is 2.98. The van der Waals surface area contributed by atoms with Gasteiger partial charge in [-0.25, -0.2) is 0 Å². The lowest BCUT2D eigenvalue weighted by Gasteiger charge is -2.36. The van der Waals surface area contributed by atoms with Gasteiger partial charge in [0.15, 0.2) is 0 Å². The third-order valence-electron chi connectivity index (χ3n) is 4.50. The van der Waals surface area contributed by atoms with Crippen molar-refractivity contribution in [2.75, 3.05) is 33.2 Å². The van der Waals surface area contributed by atoms with Gasteiger partial charge >= 0.3 is 0 Å². The minimum atomic E-state index is 0.705. The molecular weight excluding hydrogens is 260 g/mol. The van der Waals surface area contributed by atoms with E-state index in [1.54, 1.807) is 0 Å². The van der Waals surface area contributed by atoms with Crippen LogP contribution in [-0.2, 0) is 13.1 Å². The van der Waals surface area contributed by atoms with Crippen molar-refractivity contribution in [2.45, 2.75) is 45.8 Å². The molecule has 4 nitrogen and oxygen atoms in total. The number of aromatic nitrogens is 1. The highest BCUT2D eigenvalue weighted by Crippen LogP contribution is 2.16. The van der Waals surface area contributed by atoms with Crippen molar-refractivity contribution in [1.29, 1.82) is 0 Å². The van der Waals surface area contributed by atoms with Crippen LogP contribution >= 0.6 is 0 Å². The lowest BCUT2D eigenvalue weighted by molar-refractivity contribution is 0.126. The maximum Gasteiger partial charge on any atom is 0.0544 e. The molecule has 118 valence electrons. The molecule has 0 unspecified atom stereocenters. The molecule has 21 heavy (non-hydrogen) atoms. The van der Waals surface area contributed by atoms with E-state index in [2.05, 4.69) is 53.1 Å². The Hall–Kier alpha value is -0.970. The van der Waals surface area contributed by atoms with Gasteiger partial charge < -0.3 is 10.2 Å². The molecule has 1 aromatic rings. The molecule has 0 atom stereocenters. The lowest BCUT2D eigenvalue weighted by Crippen LogP contribution is -2.43. The summed E-state index contributed by atoms with van der Waals surface area (Å²) < 4.78 is 0. The normalized spacial score (nSPS) is 17.5. The average Bonchev–Trinajstić information content (AvgIpc) is 2.54. The fraction of sp³-hybridized carbons (Fsp3) is 0.706. The second-order valence-electron chi connectivity index (χ2n) is 6.02. The zero-order chi connectivity index (χ0) is 15.1. The standard InChI is InChI=1S/C17H30N4/c1-4-18-12-15-6-7-16(19-13-15)14-20(3)17-8-10-21(5-2)11-9-17/h6-7,13,17-18H,4-5,8-12,14H2,1-3H3. The zero-order valence-electron chi connectivity index (χ0n) is 13.8. The van der Waals surface area contributed by atoms with Gasteiger partial charge in [-0.05, 0) is 57.7 Å². The summed E-state index contributed by atoms with van der Waals surface area (Å²) in [7, 11) is 2.24. The highest BCUT2D eigenvalue weighted by atomic mass is 15.2. The van der Waals surface area contributed by atoms with Gasteiger partial charge in [0.2, 0.25) is 0 Å². The van der Waals surface area contributed by atoms with Crippen LogP contribution in [0, 0.1) is 0 Å². The van der Waals surface area contributed by atoms with Crippen LogP contribution < -0.4 is 5.32 Å². The van der Waals surface area contributed by atoms with E-state index in [-0.39, 0.29) is 0 Å². The Balaban J connectivity index is 1.81. The minimum Gasteiger partial charge on any atom is -0.313 e. The molecule has 1 fully saturated rings. The van der Waals surface area contributed by atoms with Crippen molar-refractivity contribution in [1.82, 2.24) is 20.1 Å². The summed E-state index contributed by atoms with van der Waals surface area (Å²) in [4.78, 5) is 9.62. The SMILES string of the molecule is CCNCc1ccc(CN(C)C2CCN(CC)CC2)nc1. The van der Waals surface area contributed by atoms with Crippen LogP contribution in [0.4, 0.5) is 0 Å². The number of nitrogens with zero attached hydrogens (tertiary/aromatic N) is 3. The number of piperidine rings is 1. The molecule has 1 aliphatic heterocycles. The molecule has 0 aromatic carbocycles. The van der Waals surface area contributed by atoms with Crippen LogP contribution in [0.3, 0.4) is 0 Å². The van der Waals surface area contributed by atoms with Crippen LogP contribution in [0.1, 0.15) is 37.9 Å². The van der Waals surface area contributed by atoms with Gasteiger partial charge in [-0.15, -0.1) is 0 Å². The zero-order valence-corrected chi connectivity index (χ0v) is 13.8. The van der Waals surface area contributed by atoms with Gasteiger partial charge in [-0.3, -0.25) is 9.88 Å². The maximum absolute atomic E-state index is 4.61. The van der Waals surface area contributed by atoms with E-state index in [4.69, 9.17) is 0 Å². The Morgan fingerprint density at radius 3 is 2.62 bits per heavy atom. The smallest absolute Gasteiger partial charge is 0.0544 e. The van der Waals surface area contributed by atoms with Crippen LogP contribution in [0.15, 0.2) is 18.3 Å². The molecule has 1 aliphatic rings. The molecule has 4 heteroatoms. The molecular formula is C17H30N4. The molecule has 1 aromatic heterocycles. The van der Waals surface area contributed by atoms with Crippen molar-refractivity contribution in [3.05, 3.63) is 29.6 Å². The summed E-state index contributed by atoms with van der Waals surface area (Å²) in [6.45, 7) is 10.9. The summed E-state index contributed by atoms with van der Waals surface area (Å²) >= 11 is 0. The Morgan fingerprint density at radius 2 is 2.05 bits per heavy atom. The lowest BCUT2D eigenvalue weighted by atomic mass is 10.0. The summed E-state index contributed by atoms with van der Waals surface area (Å²) in [5, 5.41) is 3.33. The first-order valence-electron chi connectivity index (χ1n) is 8.30. The van der Waals surface area contributed by atoms with Gasteiger partial charge in [0.1, 0.15) is 0 Å². The average molecular weight is 290 g/mol. The van der Waals surface area contributed by atoms with Crippen LogP contribution in [-0.4, -0.2) is 54.1 Å². The first kappa shape index (κ1) is 16.4. The van der Waals surface area contributed by atoms with Gasteiger partial charge in [0, 0.05) is 25.3 Å². The predicted molar refractivity (Wildman–Crippen MR) is 88.2 cm³/mol. The van der Waals surface area contributed by atoms with E-state index in [9.17, 15) is 0 Å². The molecule has 0 saturated carbocycles. The van der Waals surface area contributed by atoms with E-state index < -0.39 is 0 Å². The molecule has 0 aliphatic carbocycles. The first-order chi connectivity index (χ1) is 10.2. The summed E-state index contributed by atoms with van der Waals surface area (Å²) in [6, 6.07) is 5.07. The van der Waals surface area contributed by atoms with E-state index in [0.29, 0.717) is 6.04 Å². The van der Waals surface area contributed by atoms with Crippen LogP contribution in [0.5, 0.6) is 0 Å². The predicted octanol–water partition coefficient (Wildman–Crippen LogP) is 2.11. The highest BCUT2D eigenvalue weighted by molar-refractivity contribution is 5.14. The van der Waals surface area contributed by atoms with Crippen molar-refractivity contribution in [2.24, 2.45) is 0 Å². The van der Waals surface area contributed by atoms with Crippen molar-refractivity contribution in [3.63, 3.8) is 0 Å². The van der Waals surface area contributed by atoms with Crippen molar-refractivity contribution < 1.29 is 0 Å². The van der Waals surface area contributed by atoms with Crippen molar-refractivity contribution >= 4 is 0 Å². The van der Waals surface area contributed by atoms with Gasteiger partial charge in [-0.1, -0.05) is 19.9 Å². The van der Waals surface area contributed by atoms with Gasteiger partial charge in [0.25, 0.3) is 0 Å². The van der Waals surface area contributed by atoms with Crippen LogP contribution in [0.2, 0.25) is 0 Å². The molecule has 2 heterocycles. The fourth-order valence-corrected chi connectivity index (χ4v) is 2.98. The Morgan fingerprint density at radius 1 is 1.29 bits per heavy atom. The van der Waals surface area contributed by atoms with Gasteiger partial charge in [0.05, 0.1) is 5.69 Å². The number of nitrogens with one attached hydrogen (secondary N) is 1. The number of rotatable bonds is 7.